The highest BCUT2D eigenvalue weighted by molar-refractivity contribution is 9.10. The quantitative estimate of drug-likeness (QED) is 0.617. The van der Waals surface area contributed by atoms with E-state index in [1.165, 1.54) is 12.1 Å². The molecule has 0 spiro atoms. The number of carboxylic acid groups (broad SMARTS) is 1. The number of rotatable bonds is 6. The number of hydrogen-bond donors (Lipinski definition) is 1. The number of carboxylic acids is 1. The maximum Gasteiger partial charge on any atom is 0.329 e. The van der Waals surface area contributed by atoms with Gasteiger partial charge in [0.25, 0.3) is 5.69 Å². The molecule has 1 aliphatic heterocycles. The van der Waals surface area contributed by atoms with Crippen LogP contribution in [0.25, 0.3) is 0 Å². The van der Waals surface area contributed by atoms with Crippen molar-refractivity contribution in [1.29, 1.82) is 0 Å². The van der Waals surface area contributed by atoms with Gasteiger partial charge in [0, 0.05) is 36.2 Å². The maximum absolute atomic E-state index is 10.7. The van der Waals surface area contributed by atoms with E-state index in [4.69, 9.17) is 9.84 Å². The summed E-state index contributed by atoms with van der Waals surface area (Å²) in [5.41, 5.74) is 0.552. The van der Waals surface area contributed by atoms with E-state index in [-0.39, 0.29) is 12.3 Å². The zero-order valence-electron chi connectivity index (χ0n) is 11.4. The third-order valence-electron chi connectivity index (χ3n) is 3.30. The number of nitro benzene ring substituents is 1. The van der Waals surface area contributed by atoms with Crippen LogP contribution >= 0.6 is 15.9 Å². The van der Waals surface area contributed by atoms with Gasteiger partial charge in [0.1, 0.15) is 6.61 Å². The summed E-state index contributed by atoms with van der Waals surface area (Å²) in [4.78, 5) is 22.8. The molecule has 0 atom stereocenters. The summed E-state index contributed by atoms with van der Waals surface area (Å²) in [5.74, 6) is -0.979. The van der Waals surface area contributed by atoms with Crippen molar-refractivity contribution in [3.63, 3.8) is 0 Å². The largest absolute Gasteiger partial charge is 0.480 e. The summed E-state index contributed by atoms with van der Waals surface area (Å²) in [5, 5.41) is 19.3. The highest BCUT2D eigenvalue weighted by Gasteiger charge is 2.40. The Morgan fingerprint density at radius 1 is 1.57 bits per heavy atom. The molecule has 0 aliphatic carbocycles. The minimum Gasteiger partial charge on any atom is -0.480 e. The molecule has 0 aromatic heterocycles. The molecule has 114 valence electrons. The molecule has 1 heterocycles. The molecule has 0 radical (unpaired) electrons. The molecule has 0 unspecified atom stereocenters. The zero-order valence-corrected chi connectivity index (χ0v) is 13.0. The average Bonchev–Trinajstić information content (AvgIpc) is 2.36. The lowest BCUT2D eigenvalue weighted by Gasteiger charge is -2.47. The lowest BCUT2D eigenvalue weighted by molar-refractivity contribution is -0.384. The molecule has 0 saturated carbocycles. The number of aliphatic carboxylic acids is 1. The van der Waals surface area contributed by atoms with Crippen LogP contribution in [0.15, 0.2) is 22.7 Å². The SMILES string of the molecule is CC1(OCC(=O)O)CN(Cc2ccc([N+](=O)[O-])cc2Br)C1. The Balaban J connectivity index is 1.90. The molecular formula is C13H15BrN2O5. The van der Waals surface area contributed by atoms with E-state index in [0.29, 0.717) is 24.1 Å². The number of likely N-dealkylation sites (tertiary alicyclic amines) is 1. The zero-order chi connectivity index (χ0) is 15.6. The van der Waals surface area contributed by atoms with Gasteiger partial charge in [0.2, 0.25) is 0 Å². The van der Waals surface area contributed by atoms with Crippen LogP contribution in [-0.2, 0) is 16.1 Å². The molecule has 7 nitrogen and oxygen atoms in total. The van der Waals surface area contributed by atoms with Gasteiger partial charge in [-0.25, -0.2) is 4.79 Å². The van der Waals surface area contributed by atoms with E-state index < -0.39 is 16.5 Å². The summed E-state index contributed by atoms with van der Waals surface area (Å²) >= 11 is 3.34. The van der Waals surface area contributed by atoms with Crippen LogP contribution in [0.4, 0.5) is 5.69 Å². The van der Waals surface area contributed by atoms with Crippen molar-refractivity contribution in [1.82, 2.24) is 4.90 Å². The van der Waals surface area contributed by atoms with E-state index in [2.05, 4.69) is 20.8 Å². The minimum absolute atomic E-state index is 0.0452. The second kappa shape index (κ2) is 6.08. The molecule has 1 saturated heterocycles. The standard InChI is InChI=1S/C13H15BrN2O5/c1-13(21-6-12(17)18)7-15(8-13)5-9-2-3-10(16(19)20)4-11(9)14/h2-4H,5-8H2,1H3,(H,17,18). The average molecular weight is 359 g/mol. The van der Waals surface area contributed by atoms with Gasteiger partial charge in [0.15, 0.2) is 0 Å². The molecule has 0 amide bonds. The summed E-state index contributed by atoms with van der Waals surface area (Å²) in [6, 6.07) is 4.67. The highest BCUT2D eigenvalue weighted by atomic mass is 79.9. The molecular weight excluding hydrogens is 344 g/mol. The van der Waals surface area contributed by atoms with Crippen molar-refractivity contribution in [2.45, 2.75) is 19.1 Å². The Morgan fingerprint density at radius 2 is 2.24 bits per heavy atom. The van der Waals surface area contributed by atoms with Crippen molar-refractivity contribution >= 4 is 27.6 Å². The van der Waals surface area contributed by atoms with Crippen LogP contribution in [0, 0.1) is 10.1 Å². The third-order valence-corrected chi connectivity index (χ3v) is 4.04. The smallest absolute Gasteiger partial charge is 0.329 e. The van der Waals surface area contributed by atoms with Gasteiger partial charge >= 0.3 is 5.97 Å². The van der Waals surface area contributed by atoms with Gasteiger partial charge in [-0.2, -0.15) is 0 Å². The molecule has 1 aliphatic rings. The Labute approximate surface area is 129 Å². The molecule has 1 fully saturated rings. The van der Waals surface area contributed by atoms with Crippen molar-refractivity contribution in [2.75, 3.05) is 19.7 Å². The van der Waals surface area contributed by atoms with Crippen LogP contribution < -0.4 is 0 Å². The topological polar surface area (TPSA) is 92.9 Å². The molecule has 8 heteroatoms. The third kappa shape index (κ3) is 3.99. The molecule has 0 bridgehead atoms. The van der Waals surface area contributed by atoms with E-state index in [0.717, 1.165) is 5.56 Å². The first-order chi connectivity index (χ1) is 9.79. The highest BCUT2D eigenvalue weighted by Crippen LogP contribution is 2.29. The van der Waals surface area contributed by atoms with Crippen LogP contribution in [0.5, 0.6) is 0 Å². The predicted molar refractivity (Wildman–Crippen MR) is 78.1 cm³/mol. The summed E-state index contributed by atoms with van der Waals surface area (Å²) in [6.45, 7) is 3.46. The Bertz CT molecular complexity index is 572. The number of hydrogen-bond acceptors (Lipinski definition) is 5. The van der Waals surface area contributed by atoms with Crippen molar-refractivity contribution in [3.05, 3.63) is 38.3 Å². The normalized spacial score (nSPS) is 17.2. The van der Waals surface area contributed by atoms with Crippen molar-refractivity contribution in [3.8, 4) is 0 Å². The fourth-order valence-corrected chi connectivity index (χ4v) is 2.85. The van der Waals surface area contributed by atoms with Gasteiger partial charge in [-0.1, -0.05) is 15.9 Å². The van der Waals surface area contributed by atoms with Crippen molar-refractivity contribution in [2.24, 2.45) is 0 Å². The van der Waals surface area contributed by atoms with Gasteiger partial charge in [-0.15, -0.1) is 0 Å². The summed E-state index contributed by atoms with van der Waals surface area (Å²) in [7, 11) is 0. The monoisotopic (exact) mass is 358 g/mol. The number of nitrogens with zero attached hydrogens (tertiary/aromatic N) is 2. The van der Waals surface area contributed by atoms with E-state index in [1.54, 1.807) is 6.07 Å². The minimum atomic E-state index is -0.979. The van der Waals surface area contributed by atoms with Crippen LogP contribution in [0.2, 0.25) is 0 Å². The van der Waals surface area contributed by atoms with E-state index in [9.17, 15) is 14.9 Å². The van der Waals surface area contributed by atoms with E-state index in [1.807, 2.05) is 6.92 Å². The first kappa shape index (κ1) is 15.9. The van der Waals surface area contributed by atoms with Crippen LogP contribution in [0.3, 0.4) is 0 Å². The first-order valence-corrected chi connectivity index (χ1v) is 7.09. The predicted octanol–water partition coefficient (Wildman–Crippen LogP) is 2.03. The van der Waals surface area contributed by atoms with E-state index >= 15 is 0 Å². The molecule has 1 aromatic carbocycles. The van der Waals surface area contributed by atoms with Gasteiger partial charge in [-0.3, -0.25) is 15.0 Å². The molecule has 21 heavy (non-hydrogen) atoms. The fourth-order valence-electron chi connectivity index (χ4n) is 2.36. The maximum atomic E-state index is 10.7. The lowest BCUT2D eigenvalue weighted by Crippen LogP contribution is -2.61. The van der Waals surface area contributed by atoms with Gasteiger partial charge in [0.05, 0.1) is 10.5 Å². The second-order valence-electron chi connectivity index (χ2n) is 5.31. The number of ether oxygens (including phenoxy) is 1. The Hall–Kier alpha value is -1.51. The van der Waals surface area contributed by atoms with Gasteiger partial charge in [-0.05, 0) is 18.6 Å². The van der Waals surface area contributed by atoms with Crippen LogP contribution in [0.1, 0.15) is 12.5 Å². The molecule has 1 aromatic rings. The van der Waals surface area contributed by atoms with Crippen LogP contribution in [-0.4, -0.2) is 46.2 Å². The summed E-state index contributed by atoms with van der Waals surface area (Å²) < 4.78 is 6.02. The first-order valence-electron chi connectivity index (χ1n) is 6.30. The number of non-ortho nitro benzene ring substituents is 1. The molecule has 1 N–H and O–H groups in total. The fraction of sp³-hybridized carbons (Fsp3) is 0.462. The second-order valence-corrected chi connectivity index (χ2v) is 6.16. The number of nitro groups is 1. The molecule has 2 rings (SSSR count). The van der Waals surface area contributed by atoms with Crippen molar-refractivity contribution < 1.29 is 19.6 Å². The number of benzene rings is 1. The summed E-state index contributed by atoms with van der Waals surface area (Å²) in [6.07, 6.45) is 0. The lowest BCUT2D eigenvalue weighted by atomic mass is 9.95. The Morgan fingerprint density at radius 3 is 2.76 bits per heavy atom. The number of carbonyl (C=O) groups is 1. The number of halogens is 1. The van der Waals surface area contributed by atoms with Gasteiger partial charge < -0.3 is 9.84 Å². The Kier molecular flexibility index (Phi) is 4.60.